The van der Waals surface area contributed by atoms with E-state index in [1.54, 1.807) is 0 Å². The average molecular weight is 287 g/mol. The van der Waals surface area contributed by atoms with E-state index in [0.29, 0.717) is 17.7 Å². The van der Waals surface area contributed by atoms with Crippen LogP contribution in [0.4, 0.5) is 5.69 Å². The van der Waals surface area contributed by atoms with Crippen LogP contribution in [0.1, 0.15) is 6.42 Å². The minimum atomic E-state index is -0.189. The summed E-state index contributed by atoms with van der Waals surface area (Å²) in [5.74, 6) is -0.189. The van der Waals surface area contributed by atoms with Crippen LogP contribution in [0.5, 0.6) is 0 Å². The molecule has 0 radical (unpaired) electrons. The van der Waals surface area contributed by atoms with Gasteiger partial charge in [0.25, 0.3) is 0 Å². The lowest BCUT2D eigenvalue weighted by molar-refractivity contribution is -0.139. The standard InChI is InChI=1S/C16H17NO2S/c1-17-12-5-3-4-6-14(12)20-15-8-7-11(9-13(15)17)10-16(18)19-2/h3-9,13,15H,10H2,1-2H3. The number of carbonyl (C=O) groups excluding carboxylic acids is 1. The first kappa shape index (κ1) is 13.3. The molecule has 0 saturated carbocycles. The van der Waals surface area contributed by atoms with Crippen molar-refractivity contribution in [1.82, 2.24) is 0 Å². The predicted octanol–water partition coefficient (Wildman–Crippen LogP) is 3.03. The Bertz CT molecular complexity index is 594. The molecule has 0 aromatic heterocycles. The number of methoxy groups -OCH3 is 1. The van der Waals surface area contributed by atoms with Crippen molar-refractivity contribution in [2.24, 2.45) is 0 Å². The van der Waals surface area contributed by atoms with Crippen LogP contribution < -0.4 is 4.90 Å². The zero-order valence-electron chi connectivity index (χ0n) is 11.6. The van der Waals surface area contributed by atoms with E-state index in [1.807, 2.05) is 17.8 Å². The molecule has 1 heterocycles. The van der Waals surface area contributed by atoms with Crippen LogP contribution in [0.25, 0.3) is 0 Å². The van der Waals surface area contributed by atoms with Crippen molar-refractivity contribution in [2.75, 3.05) is 19.1 Å². The molecule has 0 saturated heterocycles. The third-order valence-electron chi connectivity index (χ3n) is 3.75. The first-order valence-corrected chi connectivity index (χ1v) is 7.51. The number of rotatable bonds is 2. The first-order chi connectivity index (χ1) is 9.69. The second kappa shape index (κ2) is 5.37. The van der Waals surface area contributed by atoms with Crippen molar-refractivity contribution < 1.29 is 9.53 Å². The van der Waals surface area contributed by atoms with Gasteiger partial charge in [-0.05, 0) is 17.7 Å². The normalized spacial score (nSPS) is 23.7. The van der Waals surface area contributed by atoms with Crippen LogP contribution in [0.3, 0.4) is 0 Å². The van der Waals surface area contributed by atoms with Crippen LogP contribution in [0, 0.1) is 0 Å². The first-order valence-electron chi connectivity index (χ1n) is 6.63. The van der Waals surface area contributed by atoms with Crippen molar-refractivity contribution in [3.05, 3.63) is 48.1 Å². The third-order valence-corrected chi connectivity index (χ3v) is 5.06. The lowest BCUT2D eigenvalue weighted by Crippen LogP contribution is -2.42. The lowest BCUT2D eigenvalue weighted by Gasteiger charge is -2.40. The number of anilines is 1. The van der Waals surface area contributed by atoms with E-state index < -0.39 is 0 Å². The maximum Gasteiger partial charge on any atom is 0.309 e. The minimum Gasteiger partial charge on any atom is -0.469 e. The highest BCUT2D eigenvalue weighted by atomic mass is 32.2. The quantitative estimate of drug-likeness (QED) is 0.782. The Morgan fingerprint density at radius 3 is 3.00 bits per heavy atom. The Morgan fingerprint density at radius 1 is 1.40 bits per heavy atom. The molecule has 104 valence electrons. The number of likely N-dealkylation sites (N-methyl/N-ethyl adjacent to an activating group) is 1. The molecule has 3 rings (SSSR count). The smallest absolute Gasteiger partial charge is 0.309 e. The van der Waals surface area contributed by atoms with Gasteiger partial charge < -0.3 is 9.64 Å². The van der Waals surface area contributed by atoms with E-state index in [-0.39, 0.29) is 5.97 Å². The van der Waals surface area contributed by atoms with E-state index in [0.717, 1.165) is 5.57 Å². The van der Waals surface area contributed by atoms with E-state index in [9.17, 15) is 4.79 Å². The molecule has 1 aliphatic heterocycles. The van der Waals surface area contributed by atoms with Crippen molar-refractivity contribution in [2.45, 2.75) is 22.6 Å². The molecule has 2 unspecified atom stereocenters. The third kappa shape index (κ3) is 2.36. The van der Waals surface area contributed by atoms with Crippen LogP contribution in [0.2, 0.25) is 0 Å². The van der Waals surface area contributed by atoms with E-state index in [2.05, 4.69) is 48.4 Å². The number of allylic oxidation sites excluding steroid dienone is 1. The molecule has 4 heteroatoms. The number of para-hydroxylation sites is 1. The predicted molar refractivity (Wildman–Crippen MR) is 82.1 cm³/mol. The summed E-state index contributed by atoms with van der Waals surface area (Å²) in [4.78, 5) is 15.0. The van der Waals surface area contributed by atoms with E-state index in [1.165, 1.54) is 17.7 Å². The number of benzene rings is 1. The summed E-state index contributed by atoms with van der Waals surface area (Å²) in [6, 6.07) is 8.73. The van der Waals surface area contributed by atoms with Gasteiger partial charge in [0.2, 0.25) is 0 Å². The lowest BCUT2D eigenvalue weighted by atomic mass is 9.98. The second-order valence-corrected chi connectivity index (χ2v) is 6.23. The monoisotopic (exact) mass is 287 g/mol. The molecule has 1 aliphatic carbocycles. The summed E-state index contributed by atoms with van der Waals surface area (Å²) >= 11 is 1.88. The largest absolute Gasteiger partial charge is 0.469 e. The zero-order valence-corrected chi connectivity index (χ0v) is 12.4. The Morgan fingerprint density at radius 2 is 2.20 bits per heavy atom. The maximum absolute atomic E-state index is 11.4. The molecular formula is C16H17NO2S. The molecular weight excluding hydrogens is 270 g/mol. The maximum atomic E-state index is 11.4. The fourth-order valence-corrected chi connectivity index (χ4v) is 4.00. The summed E-state index contributed by atoms with van der Waals surface area (Å²) in [6.07, 6.45) is 6.77. The number of fused-ring (bicyclic) bond motifs is 2. The number of carbonyl (C=O) groups is 1. The van der Waals surface area contributed by atoms with E-state index >= 15 is 0 Å². The fraction of sp³-hybridized carbons (Fsp3) is 0.312. The number of ether oxygens (including phenoxy) is 1. The molecule has 20 heavy (non-hydrogen) atoms. The Hall–Kier alpha value is -1.68. The van der Waals surface area contributed by atoms with E-state index in [4.69, 9.17) is 4.74 Å². The number of nitrogens with zero attached hydrogens (tertiary/aromatic N) is 1. The van der Waals surface area contributed by atoms with Gasteiger partial charge in [-0.1, -0.05) is 30.4 Å². The topological polar surface area (TPSA) is 29.5 Å². The molecule has 3 nitrogen and oxygen atoms in total. The summed E-state index contributed by atoms with van der Waals surface area (Å²) in [6.45, 7) is 0. The minimum absolute atomic E-state index is 0.189. The molecule has 0 amide bonds. The molecule has 1 aromatic rings. The molecule has 2 atom stereocenters. The number of esters is 1. The van der Waals surface area contributed by atoms with Crippen LogP contribution in [-0.4, -0.2) is 31.4 Å². The fourth-order valence-electron chi connectivity index (χ4n) is 2.66. The van der Waals surface area contributed by atoms with Crippen molar-refractivity contribution in [1.29, 1.82) is 0 Å². The highest BCUT2D eigenvalue weighted by Gasteiger charge is 2.32. The Labute approximate surface area is 123 Å². The molecule has 0 N–H and O–H groups in total. The average Bonchev–Trinajstić information content (AvgIpc) is 2.48. The highest BCUT2D eigenvalue weighted by molar-refractivity contribution is 8.00. The van der Waals surface area contributed by atoms with Gasteiger partial charge in [-0.3, -0.25) is 4.79 Å². The second-order valence-electron chi connectivity index (χ2n) is 5.01. The van der Waals surface area contributed by atoms with Gasteiger partial charge in [-0.15, -0.1) is 11.8 Å². The van der Waals surface area contributed by atoms with Gasteiger partial charge in [0, 0.05) is 11.9 Å². The summed E-state index contributed by atoms with van der Waals surface area (Å²) in [5.41, 5.74) is 2.28. The summed E-state index contributed by atoms with van der Waals surface area (Å²) < 4.78 is 4.74. The van der Waals surface area contributed by atoms with Gasteiger partial charge >= 0.3 is 5.97 Å². The van der Waals surface area contributed by atoms with Gasteiger partial charge in [0.05, 0.1) is 30.5 Å². The number of hydrogen-bond donors (Lipinski definition) is 0. The van der Waals surface area contributed by atoms with Crippen LogP contribution >= 0.6 is 11.8 Å². The van der Waals surface area contributed by atoms with Gasteiger partial charge in [0.15, 0.2) is 0 Å². The Balaban J connectivity index is 1.87. The molecule has 0 fully saturated rings. The summed E-state index contributed by atoms with van der Waals surface area (Å²) in [7, 11) is 3.54. The van der Waals surface area contributed by atoms with Crippen molar-refractivity contribution in [3.8, 4) is 0 Å². The molecule has 2 aliphatic rings. The zero-order chi connectivity index (χ0) is 14.1. The highest BCUT2D eigenvalue weighted by Crippen LogP contribution is 2.43. The van der Waals surface area contributed by atoms with Crippen molar-refractivity contribution >= 4 is 23.4 Å². The number of hydrogen-bond acceptors (Lipinski definition) is 4. The molecule has 0 spiro atoms. The van der Waals surface area contributed by atoms with Gasteiger partial charge in [0.1, 0.15) is 0 Å². The van der Waals surface area contributed by atoms with Gasteiger partial charge in [-0.2, -0.15) is 0 Å². The van der Waals surface area contributed by atoms with Crippen LogP contribution in [0.15, 0.2) is 53.0 Å². The van der Waals surface area contributed by atoms with Crippen LogP contribution in [-0.2, 0) is 9.53 Å². The molecule has 1 aromatic carbocycles. The van der Waals surface area contributed by atoms with Crippen molar-refractivity contribution in [3.63, 3.8) is 0 Å². The van der Waals surface area contributed by atoms with Gasteiger partial charge in [-0.25, -0.2) is 0 Å². The summed E-state index contributed by atoms with van der Waals surface area (Å²) in [5, 5.41) is 0.399. The number of thioether (sulfide) groups is 1. The SMILES string of the molecule is COC(=O)CC1=CC2C(C=C1)Sc1ccccc1N2C. The molecule has 0 bridgehead atoms. The Kier molecular flexibility index (Phi) is 3.57.